The van der Waals surface area contributed by atoms with Gasteiger partial charge in [-0.15, -0.1) is 0 Å². The molecule has 0 aromatic carbocycles. The molecule has 2 atom stereocenters. The first-order valence-electron chi connectivity index (χ1n) is 4.40. The van der Waals surface area contributed by atoms with E-state index < -0.39 is 0 Å². The summed E-state index contributed by atoms with van der Waals surface area (Å²) in [6.45, 7) is 3.93. The van der Waals surface area contributed by atoms with Crippen molar-refractivity contribution in [3.05, 3.63) is 0 Å². The quantitative estimate of drug-likeness (QED) is 0.656. The summed E-state index contributed by atoms with van der Waals surface area (Å²) >= 11 is 0. The Hall–Kier alpha value is -0.370. The summed E-state index contributed by atoms with van der Waals surface area (Å²) in [7, 11) is 0. The van der Waals surface area contributed by atoms with Crippen LogP contribution in [-0.2, 0) is 4.79 Å². The molecular weight excluding hydrogens is 138 g/mol. The summed E-state index contributed by atoms with van der Waals surface area (Å²) in [4.78, 5) is 11.5. The number of carbonyl (C=O) groups is 1. The Morgan fingerprint density at radius 1 is 1.73 bits per heavy atom. The molecule has 1 rings (SSSR count). The molecule has 2 nitrogen and oxygen atoms in total. The summed E-state index contributed by atoms with van der Waals surface area (Å²) in [6, 6.07) is 0.106. The molecule has 0 aliphatic heterocycles. The van der Waals surface area contributed by atoms with Crippen molar-refractivity contribution in [1.29, 1.82) is 0 Å². The van der Waals surface area contributed by atoms with Crippen LogP contribution < -0.4 is 5.73 Å². The zero-order chi connectivity index (χ0) is 8.48. The minimum absolute atomic E-state index is 0.106. The molecule has 11 heavy (non-hydrogen) atoms. The van der Waals surface area contributed by atoms with E-state index in [0.29, 0.717) is 12.2 Å². The lowest BCUT2D eigenvalue weighted by atomic mass is 9.80. The van der Waals surface area contributed by atoms with Crippen LogP contribution in [0.25, 0.3) is 0 Å². The van der Waals surface area contributed by atoms with E-state index in [-0.39, 0.29) is 11.5 Å². The molecule has 0 spiro atoms. The normalized spacial score (nSPS) is 37.5. The molecule has 0 aromatic rings. The fraction of sp³-hybridized carbons (Fsp3) is 0.889. The van der Waals surface area contributed by atoms with Crippen LogP contribution in [0.15, 0.2) is 0 Å². The van der Waals surface area contributed by atoms with Crippen molar-refractivity contribution in [3.8, 4) is 0 Å². The summed E-state index contributed by atoms with van der Waals surface area (Å²) in [5, 5.41) is 0. The molecule has 0 aromatic heterocycles. The maximum absolute atomic E-state index is 11.5. The second-order valence-corrected chi connectivity index (χ2v) is 3.69. The Morgan fingerprint density at radius 2 is 2.36 bits per heavy atom. The summed E-state index contributed by atoms with van der Waals surface area (Å²) in [6.07, 6.45) is 3.75. The maximum Gasteiger partial charge on any atom is 0.140 e. The Kier molecular flexibility index (Phi) is 2.33. The van der Waals surface area contributed by atoms with Crippen LogP contribution in [0.2, 0.25) is 0 Å². The average Bonchev–Trinajstić information content (AvgIpc) is 2.32. The van der Waals surface area contributed by atoms with Crippen molar-refractivity contribution in [2.75, 3.05) is 0 Å². The first kappa shape index (κ1) is 8.72. The van der Waals surface area contributed by atoms with Crippen LogP contribution in [-0.4, -0.2) is 11.8 Å². The van der Waals surface area contributed by atoms with Crippen molar-refractivity contribution in [3.63, 3.8) is 0 Å². The predicted octanol–water partition coefficient (Wildman–Crippen LogP) is 1.48. The standard InChI is InChI=1S/C9H17NO/c1-3-8(11)9(2)6-4-5-7(9)10/h7H,3-6,10H2,1-2H3. The van der Waals surface area contributed by atoms with Gasteiger partial charge in [-0.1, -0.05) is 20.3 Å². The zero-order valence-corrected chi connectivity index (χ0v) is 7.39. The molecule has 1 aliphatic rings. The molecule has 2 unspecified atom stereocenters. The molecule has 2 N–H and O–H groups in total. The van der Waals surface area contributed by atoms with Gasteiger partial charge in [0.05, 0.1) is 0 Å². The third kappa shape index (κ3) is 1.32. The number of ketones is 1. The van der Waals surface area contributed by atoms with Gasteiger partial charge < -0.3 is 5.73 Å². The van der Waals surface area contributed by atoms with Gasteiger partial charge in [0, 0.05) is 17.9 Å². The molecular formula is C9H17NO. The van der Waals surface area contributed by atoms with Crippen LogP contribution in [0.4, 0.5) is 0 Å². The molecule has 0 radical (unpaired) electrons. The van der Waals surface area contributed by atoms with Gasteiger partial charge in [-0.25, -0.2) is 0 Å². The van der Waals surface area contributed by atoms with Crippen LogP contribution >= 0.6 is 0 Å². The van der Waals surface area contributed by atoms with Crippen LogP contribution in [0.5, 0.6) is 0 Å². The van der Waals surface area contributed by atoms with E-state index in [4.69, 9.17) is 5.73 Å². The highest BCUT2D eigenvalue weighted by Crippen LogP contribution is 2.38. The van der Waals surface area contributed by atoms with E-state index in [2.05, 4.69) is 0 Å². The molecule has 0 heterocycles. The SMILES string of the molecule is CCC(=O)C1(C)CCCC1N. The van der Waals surface area contributed by atoms with Crippen molar-refractivity contribution in [2.24, 2.45) is 11.1 Å². The van der Waals surface area contributed by atoms with E-state index in [9.17, 15) is 4.79 Å². The van der Waals surface area contributed by atoms with E-state index in [1.807, 2.05) is 13.8 Å². The minimum Gasteiger partial charge on any atom is -0.327 e. The first-order valence-corrected chi connectivity index (χ1v) is 4.40. The van der Waals surface area contributed by atoms with Crippen LogP contribution in [0.3, 0.4) is 0 Å². The Balaban J connectivity index is 2.72. The van der Waals surface area contributed by atoms with Gasteiger partial charge in [-0.3, -0.25) is 4.79 Å². The fourth-order valence-corrected chi connectivity index (χ4v) is 1.94. The Morgan fingerprint density at radius 3 is 2.73 bits per heavy atom. The topological polar surface area (TPSA) is 43.1 Å². The molecule has 2 heteroatoms. The third-order valence-corrected chi connectivity index (χ3v) is 2.99. The van der Waals surface area contributed by atoms with Crippen molar-refractivity contribution in [2.45, 2.75) is 45.6 Å². The first-order chi connectivity index (χ1) is 5.11. The molecule has 1 saturated carbocycles. The summed E-state index contributed by atoms with van der Waals surface area (Å²) in [5.41, 5.74) is 5.67. The van der Waals surface area contributed by atoms with Crippen LogP contribution in [0, 0.1) is 5.41 Å². The minimum atomic E-state index is -0.200. The van der Waals surface area contributed by atoms with Crippen molar-refractivity contribution < 1.29 is 4.79 Å². The molecule has 0 amide bonds. The van der Waals surface area contributed by atoms with Crippen molar-refractivity contribution in [1.82, 2.24) is 0 Å². The summed E-state index contributed by atoms with van der Waals surface area (Å²) in [5.74, 6) is 0.336. The molecule has 0 bridgehead atoms. The smallest absolute Gasteiger partial charge is 0.140 e. The molecule has 1 fully saturated rings. The number of hydrogen-bond acceptors (Lipinski definition) is 2. The van der Waals surface area contributed by atoms with Gasteiger partial charge in [0.25, 0.3) is 0 Å². The van der Waals surface area contributed by atoms with E-state index >= 15 is 0 Å². The molecule has 64 valence electrons. The van der Waals surface area contributed by atoms with Gasteiger partial charge in [0.15, 0.2) is 0 Å². The number of carbonyl (C=O) groups excluding carboxylic acids is 1. The Bertz CT molecular complexity index is 167. The van der Waals surface area contributed by atoms with Gasteiger partial charge in [-0.05, 0) is 12.8 Å². The summed E-state index contributed by atoms with van der Waals surface area (Å²) < 4.78 is 0. The Labute approximate surface area is 68.2 Å². The predicted molar refractivity (Wildman–Crippen MR) is 45.2 cm³/mol. The number of hydrogen-bond donors (Lipinski definition) is 1. The highest BCUT2D eigenvalue weighted by molar-refractivity contribution is 5.85. The molecule has 1 aliphatic carbocycles. The molecule has 0 saturated heterocycles. The van der Waals surface area contributed by atoms with Crippen LogP contribution in [0.1, 0.15) is 39.5 Å². The number of nitrogens with two attached hydrogens (primary N) is 1. The largest absolute Gasteiger partial charge is 0.327 e. The highest BCUT2D eigenvalue weighted by atomic mass is 16.1. The van der Waals surface area contributed by atoms with Crippen molar-refractivity contribution >= 4 is 5.78 Å². The van der Waals surface area contributed by atoms with E-state index in [1.165, 1.54) is 0 Å². The highest BCUT2D eigenvalue weighted by Gasteiger charge is 2.41. The van der Waals surface area contributed by atoms with E-state index in [1.54, 1.807) is 0 Å². The second kappa shape index (κ2) is 2.94. The zero-order valence-electron chi connectivity index (χ0n) is 7.39. The average molecular weight is 155 g/mol. The van der Waals surface area contributed by atoms with Gasteiger partial charge in [0.2, 0.25) is 0 Å². The van der Waals surface area contributed by atoms with E-state index in [0.717, 1.165) is 19.3 Å². The lowest BCUT2D eigenvalue weighted by Crippen LogP contribution is -2.40. The van der Waals surface area contributed by atoms with Gasteiger partial charge in [0.1, 0.15) is 5.78 Å². The monoisotopic (exact) mass is 155 g/mol. The number of Topliss-reactive ketones (excluding diaryl/α,β-unsaturated/α-hetero) is 1. The fourth-order valence-electron chi connectivity index (χ4n) is 1.94. The second-order valence-electron chi connectivity index (χ2n) is 3.69. The lowest BCUT2D eigenvalue weighted by Gasteiger charge is -2.26. The van der Waals surface area contributed by atoms with Gasteiger partial charge >= 0.3 is 0 Å². The van der Waals surface area contributed by atoms with Gasteiger partial charge in [-0.2, -0.15) is 0 Å². The maximum atomic E-state index is 11.5. The lowest BCUT2D eigenvalue weighted by molar-refractivity contribution is -0.127. The number of rotatable bonds is 2. The third-order valence-electron chi connectivity index (χ3n) is 2.99.